The van der Waals surface area contributed by atoms with Crippen LogP contribution in [-0.4, -0.2) is 19.1 Å². The van der Waals surface area contributed by atoms with Gasteiger partial charge in [0.1, 0.15) is 17.5 Å². The van der Waals surface area contributed by atoms with Gasteiger partial charge in [-0.2, -0.15) is 0 Å². The molecule has 0 radical (unpaired) electrons. The normalized spacial score (nSPS) is 11.5. The lowest BCUT2D eigenvalue weighted by molar-refractivity contribution is 0.584. The second-order valence-electron chi connectivity index (χ2n) is 7.05. The first kappa shape index (κ1) is 18.5. The van der Waals surface area contributed by atoms with E-state index < -0.39 is 11.6 Å². The van der Waals surface area contributed by atoms with Crippen LogP contribution in [0.1, 0.15) is 0 Å². The van der Waals surface area contributed by atoms with Gasteiger partial charge in [-0.1, -0.05) is 12.1 Å². The molecule has 0 aliphatic rings. The van der Waals surface area contributed by atoms with Crippen LogP contribution in [0.2, 0.25) is 0 Å². The summed E-state index contributed by atoms with van der Waals surface area (Å²) in [6, 6.07) is 12.8. The molecular formula is C22H16F2N4OS. The van der Waals surface area contributed by atoms with Crippen LogP contribution < -0.4 is 5.69 Å². The summed E-state index contributed by atoms with van der Waals surface area (Å²) in [4.78, 5) is 21.2. The lowest BCUT2D eigenvalue weighted by Crippen LogP contribution is -2.19. The van der Waals surface area contributed by atoms with Crippen molar-refractivity contribution in [3.05, 3.63) is 76.0 Å². The molecule has 1 N–H and O–H groups in total. The number of benzene rings is 2. The van der Waals surface area contributed by atoms with Crippen LogP contribution >= 0.6 is 11.3 Å². The SMILES string of the molecule is Cn1c(=O)n(C)c2cc(-c3[nH]c(-c4cccs4)nc3-c3cc(F)cc(F)c3)ccc21. The minimum absolute atomic E-state index is 0.126. The predicted molar refractivity (Wildman–Crippen MR) is 114 cm³/mol. The fourth-order valence-corrected chi connectivity index (χ4v) is 4.34. The number of aromatic amines is 1. The maximum Gasteiger partial charge on any atom is 0.328 e. The van der Waals surface area contributed by atoms with Crippen LogP contribution in [0.4, 0.5) is 8.78 Å². The Labute approximate surface area is 173 Å². The van der Waals surface area contributed by atoms with E-state index in [1.807, 2.05) is 35.7 Å². The third-order valence-electron chi connectivity index (χ3n) is 5.16. The first-order valence-corrected chi connectivity index (χ1v) is 10.1. The number of nitrogens with one attached hydrogen (secondary N) is 1. The Morgan fingerprint density at radius 1 is 0.933 bits per heavy atom. The number of nitrogens with zero attached hydrogens (tertiary/aromatic N) is 3. The van der Waals surface area contributed by atoms with E-state index in [0.29, 0.717) is 22.8 Å². The average Bonchev–Trinajstić information content (AvgIpc) is 3.44. The molecule has 0 amide bonds. The maximum absolute atomic E-state index is 13.9. The van der Waals surface area contributed by atoms with Crippen LogP contribution in [0.5, 0.6) is 0 Å². The third-order valence-corrected chi connectivity index (χ3v) is 6.03. The molecule has 0 saturated heterocycles. The minimum atomic E-state index is -0.669. The molecule has 0 fully saturated rings. The summed E-state index contributed by atoms with van der Waals surface area (Å²) in [6.45, 7) is 0. The molecule has 2 aromatic carbocycles. The van der Waals surface area contributed by atoms with Gasteiger partial charge in [0.2, 0.25) is 0 Å². The predicted octanol–water partition coefficient (Wildman–Crippen LogP) is 4.94. The number of imidazole rings is 2. The summed E-state index contributed by atoms with van der Waals surface area (Å²) in [6.07, 6.45) is 0. The molecular weight excluding hydrogens is 406 g/mol. The Hall–Kier alpha value is -3.52. The molecule has 0 bridgehead atoms. The largest absolute Gasteiger partial charge is 0.337 e. The summed E-state index contributed by atoms with van der Waals surface area (Å²) in [5.74, 6) is -0.725. The Balaban J connectivity index is 1.77. The van der Waals surface area contributed by atoms with Gasteiger partial charge in [0, 0.05) is 31.3 Å². The molecule has 0 unspecified atom stereocenters. The number of fused-ring (bicyclic) bond motifs is 1. The van der Waals surface area contributed by atoms with Crippen LogP contribution in [0.25, 0.3) is 44.2 Å². The maximum atomic E-state index is 13.9. The van der Waals surface area contributed by atoms with E-state index in [1.54, 1.807) is 23.2 Å². The van der Waals surface area contributed by atoms with Crippen LogP contribution in [0.3, 0.4) is 0 Å². The molecule has 5 rings (SSSR count). The zero-order valence-electron chi connectivity index (χ0n) is 16.1. The van der Waals surface area contributed by atoms with Crippen LogP contribution in [-0.2, 0) is 14.1 Å². The molecule has 0 spiro atoms. The summed E-state index contributed by atoms with van der Waals surface area (Å²) in [5.41, 5.74) is 3.59. The highest BCUT2D eigenvalue weighted by atomic mass is 32.1. The van der Waals surface area contributed by atoms with Gasteiger partial charge < -0.3 is 4.98 Å². The molecule has 0 atom stereocenters. The van der Waals surface area contributed by atoms with Crippen LogP contribution in [0.15, 0.2) is 58.7 Å². The van der Waals surface area contributed by atoms with Crippen molar-refractivity contribution in [1.29, 1.82) is 0 Å². The third kappa shape index (κ3) is 2.88. The molecule has 30 heavy (non-hydrogen) atoms. The lowest BCUT2D eigenvalue weighted by atomic mass is 10.0. The Bertz CT molecular complexity index is 1440. The molecule has 3 heterocycles. The van der Waals surface area contributed by atoms with Gasteiger partial charge in [-0.25, -0.2) is 18.6 Å². The highest BCUT2D eigenvalue weighted by Gasteiger charge is 2.18. The van der Waals surface area contributed by atoms with Gasteiger partial charge in [-0.3, -0.25) is 9.13 Å². The minimum Gasteiger partial charge on any atom is -0.337 e. The number of thiophene rings is 1. The first-order valence-electron chi connectivity index (χ1n) is 9.18. The van der Waals surface area contributed by atoms with Gasteiger partial charge >= 0.3 is 5.69 Å². The lowest BCUT2D eigenvalue weighted by Gasteiger charge is -2.05. The second-order valence-corrected chi connectivity index (χ2v) is 8.00. The van der Waals surface area contributed by atoms with E-state index in [4.69, 9.17) is 0 Å². The fraction of sp³-hybridized carbons (Fsp3) is 0.0909. The number of aromatic nitrogens is 4. The number of rotatable bonds is 3. The quantitative estimate of drug-likeness (QED) is 0.448. The average molecular weight is 422 g/mol. The van der Waals surface area contributed by atoms with Crippen molar-refractivity contribution in [2.24, 2.45) is 14.1 Å². The van der Waals surface area contributed by atoms with E-state index in [9.17, 15) is 13.6 Å². The Morgan fingerprint density at radius 2 is 1.67 bits per heavy atom. The van der Waals surface area contributed by atoms with E-state index in [0.717, 1.165) is 27.5 Å². The summed E-state index contributed by atoms with van der Waals surface area (Å²) in [5, 5.41) is 1.94. The summed E-state index contributed by atoms with van der Waals surface area (Å²) >= 11 is 1.51. The Morgan fingerprint density at radius 3 is 2.37 bits per heavy atom. The summed E-state index contributed by atoms with van der Waals surface area (Å²) < 4.78 is 31.0. The zero-order valence-corrected chi connectivity index (χ0v) is 16.9. The van der Waals surface area contributed by atoms with Crippen molar-refractivity contribution < 1.29 is 8.78 Å². The van der Waals surface area contributed by atoms with Crippen molar-refractivity contribution in [3.8, 4) is 33.2 Å². The molecule has 0 saturated carbocycles. The highest BCUT2D eigenvalue weighted by Crippen LogP contribution is 2.35. The van der Waals surface area contributed by atoms with E-state index in [-0.39, 0.29) is 5.69 Å². The first-order chi connectivity index (χ1) is 14.4. The van der Waals surface area contributed by atoms with Crippen molar-refractivity contribution in [2.45, 2.75) is 0 Å². The smallest absolute Gasteiger partial charge is 0.328 e. The summed E-state index contributed by atoms with van der Waals surface area (Å²) in [7, 11) is 3.43. The van der Waals surface area contributed by atoms with Crippen molar-refractivity contribution in [1.82, 2.24) is 19.1 Å². The van der Waals surface area contributed by atoms with Gasteiger partial charge in [0.25, 0.3) is 0 Å². The standard InChI is InChI=1S/C22H16F2N4OS/c1-27-16-6-5-12(10-17(16)28(2)22(27)29)19-20(13-8-14(23)11-15(24)9-13)26-21(25-19)18-4-3-7-30-18/h3-11H,1-2H3,(H,25,26). The second kappa shape index (κ2) is 6.77. The Kier molecular flexibility index (Phi) is 4.18. The van der Waals surface area contributed by atoms with E-state index >= 15 is 0 Å². The molecule has 0 aliphatic heterocycles. The van der Waals surface area contributed by atoms with Gasteiger partial charge in [0.15, 0.2) is 0 Å². The van der Waals surface area contributed by atoms with E-state index in [2.05, 4.69) is 9.97 Å². The van der Waals surface area contributed by atoms with Crippen LogP contribution in [0, 0.1) is 11.6 Å². The van der Waals surface area contributed by atoms with Gasteiger partial charge in [0.05, 0.1) is 27.3 Å². The zero-order chi connectivity index (χ0) is 21.0. The van der Waals surface area contributed by atoms with Crippen molar-refractivity contribution >= 4 is 22.4 Å². The number of aryl methyl sites for hydroxylation is 2. The monoisotopic (exact) mass is 422 g/mol. The fourth-order valence-electron chi connectivity index (χ4n) is 3.67. The number of H-pyrrole nitrogens is 1. The van der Waals surface area contributed by atoms with Gasteiger partial charge in [-0.15, -0.1) is 11.3 Å². The van der Waals surface area contributed by atoms with Gasteiger partial charge in [-0.05, 0) is 35.7 Å². The number of hydrogen-bond acceptors (Lipinski definition) is 3. The molecule has 150 valence electrons. The molecule has 8 heteroatoms. The topological polar surface area (TPSA) is 55.6 Å². The molecule has 5 aromatic rings. The molecule has 0 aliphatic carbocycles. The van der Waals surface area contributed by atoms with E-state index in [1.165, 1.54) is 23.5 Å². The number of halogens is 2. The highest BCUT2D eigenvalue weighted by molar-refractivity contribution is 7.13. The number of hydrogen-bond donors (Lipinski definition) is 1. The van der Waals surface area contributed by atoms with Crippen molar-refractivity contribution in [3.63, 3.8) is 0 Å². The van der Waals surface area contributed by atoms with Crippen molar-refractivity contribution in [2.75, 3.05) is 0 Å². The molecule has 3 aromatic heterocycles. The molecule has 5 nitrogen and oxygen atoms in total.